The average molecular weight is 258 g/mol. The van der Waals surface area contributed by atoms with Crippen LogP contribution in [-0.2, 0) is 11.3 Å². The van der Waals surface area contributed by atoms with E-state index < -0.39 is 5.97 Å². The highest BCUT2D eigenvalue weighted by atomic mass is 16.4. The number of hydrogen-bond acceptors (Lipinski definition) is 3. The summed E-state index contributed by atoms with van der Waals surface area (Å²) in [6, 6.07) is 6.99. The summed E-state index contributed by atoms with van der Waals surface area (Å²) in [5, 5.41) is 8.86. The second-order valence-electron chi connectivity index (χ2n) is 5.43. The van der Waals surface area contributed by atoms with Crippen molar-refractivity contribution in [3.63, 3.8) is 0 Å². The zero-order valence-corrected chi connectivity index (χ0v) is 10.8. The van der Waals surface area contributed by atoms with Gasteiger partial charge in [-0.05, 0) is 37.8 Å². The lowest BCUT2D eigenvalue weighted by Crippen LogP contribution is -2.40. The van der Waals surface area contributed by atoms with Gasteiger partial charge in [0, 0.05) is 30.9 Å². The van der Waals surface area contributed by atoms with Gasteiger partial charge in [0.15, 0.2) is 0 Å². The monoisotopic (exact) mass is 258 g/mol. The van der Waals surface area contributed by atoms with Gasteiger partial charge in [0.25, 0.3) is 0 Å². The summed E-state index contributed by atoms with van der Waals surface area (Å²) in [4.78, 5) is 17.7. The minimum absolute atomic E-state index is 0.492. The maximum absolute atomic E-state index is 10.8. The van der Waals surface area contributed by atoms with Gasteiger partial charge in [0.05, 0.1) is 5.69 Å². The summed E-state index contributed by atoms with van der Waals surface area (Å²) < 4.78 is 0. The highest BCUT2D eigenvalue weighted by molar-refractivity contribution is 5.80. The molecular weight excluding hydrogens is 240 g/mol. The number of hydrogen-bond donors (Lipinski definition) is 1. The molecule has 2 aliphatic rings. The molecule has 2 saturated heterocycles. The maximum Gasteiger partial charge on any atom is 0.328 e. The largest absolute Gasteiger partial charge is 0.478 e. The SMILES string of the molecule is O=C(O)C=C1CC2CCC(C1)N2Cc1ccccn1. The molecule has 0 aromatic carbocycles. The van der Waals surface area contributed by atoms with Crippen LogP contribution in [-0.4, -0.2) is 33.0 Å². The van der Waals surface area contributed by atoms with Gasteiger partial charge in [-0.2, -0.15) is 0 Å². The van der Waals surface area contributed by atoms with Gasteiger partial charge in [-0.25, -0.2) is 4.79 Å². The van der Waals surface area contributed by atoms with Crippen molar-refractivity contribution < 1.29 is 9.90 Å². The van der Waals surface area contributed by atoms with Crippen LogP contribution in [0.2, 0.25) is 0 Å². The first-order valence-corrected chi connectivity index (χ1v) is 6.80. The standard InChI is InChI=1S/C15H18N2O2/c18-15(19)9-11-7-13-4-5-14(8-11)17(13)10-12-3-1-2-6-16-12/h1-3,6,9,13-14H,4-5,7-8,10H2,(H,18,19). The van der Waals surface area contributed by atoms with Gasteiger partial charge >= 0.3 is 5.97 Å². The number of piperidine rings is 1. The molecular formula is C15H18N2O2. The number of aromatic nitrogens is 1. The molecule has 3 heterocycles. The Hall–Kier alpha value is -1.68. The van der Waals surface area contributed by atoms with E-state index in [0.29, 0.717) is 12.1 Å². The third-order valence-electron chi connectivity index (χ3n) is 4.17. The van der Waals surface area contributed by atoms with Crippen LogP contribution in [0.1, 0.15) is 31.4 Å². The molecule has 0 aliphatic carbocycles. The van der Waals surface area contributed by atoms with E-state index in [1.807, 2.05) is 18.3 Å². The van der Waals surface area contributed by atoms with Crippen molar-refractivity contribution in [2.45, 2.75) is 44.3 Å². The third-order valence-corrected chi connectivity index (χ3v) is 4.17. The molecule has 0 radical (unpaired) electrons. The molecule has 0 amide bonds. The Bertz CT molecular complexity index is 482. The lowest BCUT2D eigenvalue weighted by Gasteiger charge is -2.35. The summed E-state index contributed by atoms with van der Waals surface area (Å²) in [5.74, 6) is -0.812. The molecule has 19 heavy (non-hydrogen) atoms. The first-order chi connectivity index (χ1) is 9.22. The topological polar surface area (TPSA) is 53.4 Å². The van der Waals surface area contributed by atoms with Crippen molar-refractivity contribution in [2.75, 3.05) is 0 Å². The maximum atomic E-state index is 10.8. The Labute approximate surface area is 112 Å². The molecule has 4 heteroatoms. The van der Waals surface area contributed by atoms with Crippen molar-refractivity contribution in [3.05, 3.63) is 41.7 Å². The molecule has 100 valence electrons. The minimum atomic E-state index is -0.812. The fraction of sp³-hybridized carbons (Fsp3) is 0.467. The van der Waals surface area contributed by atoms with E-state index in [1.165, 1.54) is 18.9 Å². The highest BCUT2D eigenvalue weighted by Crippen LogP contribution is 2.38. The number of carboxylic acids is 1. The predicted molar refractivity (Wildman–Crippen MR) is 71.5 cm³/mol. The fourth-order valence-electron chi connectivity index (χ4n) is 3.37. The molecule has 2 fully saturated rings. The molecule has 2 unspecified atom stereocenters. The van der Waals surface area contributed by atoms with E-state index in [1.54, 1.807) is 0 Å². The summed E-state index contributed by atoms with van der Waals surface area (Å²) in [7, 11) is 0. The van der Waals surface area contributed by atoms with Crippen LogP contribution in [0.3, 0.4) is 0 Å². The Morgan fingerprint density at radius 1 is 1.37 bits per heavy atom. The molecule has 1 aromatic heterocycles. The second-order valence-corrected chi connectivity index (χ2v) is 5.43. The van der Waals surface area contributed by atoms with Gasteiger partial charge in [0.2, 0.25) is 0 Å². The van der Waals surface area contributed by atoms with Crippen LogP contribution in [0.4, 0.5) is 0 Å². The van der Waals surface area contributed by atoms with E-state index in [9.17, 15) is 4.79 Å². The number of fused-ring (bicyclic) bond motifs is 2. The van der Waals surface area contributed by atoms with Crippen LogP contribution in [0.25, 0.3) is 0 Å². The third kappa shape index (κ3) is 2.68. The molecule has 0 spiro atoms. The lowest BCUT2D eigenvalue weighted by atomic mass is 9.96. The number of pyridine rings is 1. The van der Waals surface area contributed by atoms with E-state index in [0.717, 1.165) is 30.7 Å². The van der Waals surface area contributed by atoms with Gasteiger partial charge in [-0.15, -0.1) is 0 Å². The Kier molecular flexibility index (Phi) is 3.34. The number of carboxylic acid groups (broad SMARTS) is 1. The summed E-state index contributed by atoms with van der Waals surface area (Å²) in [6.45, 7) is 0.885. The molecule has 0 saturated carbocycles. The molecule has 3 rings (SSSR count). The molecule has 4 nitrogen and oxygen atoms in total. The van der Waals surface area contributed by atoms with E-state index >= 15 is 0 Å². The zero-order chi connectivity index (χ0) is 13.2. The van der Waals surface area contributed by atoms with Crippen LogP contribution in [0.15, 0.2) is 36.0 Å². The number of rotatable bonds is 3. The van der Waals surface area contributed by atoms with Crippen molar-refractivity contribution in [3.8, 4) is 0 Å². The van der Waals surface area contributed by atoms with Crippen LogP contribution >= 0.6 is 0 Å². The van der Waals surface area contributed by atoms with Crippen molar-refractivity contribution in [1.29, 1.82) is 0 Å². The number of aliphatic carboxylic acids is 1. The zero-order valence-electron chi connectivity index (χ0n) is 10.8. The van der Waals surface area contributed by atoms with E-state index in [4.69, 9.17) is 5.11 Å². The molecule has 2 atom stereocenters. The Morgan fingerprint density at radius 3 is 2.68 bits per heavy atom. The fourth-order valence-corrected chi connectivity index (χ4v) is 3.37. The quantitative estimate of drug-likeness (QED) is 0.845. The second kappa shape index (κ2) is 5.13. The summed E-state index contributed by atoms with van der Waals surface area (Å²) in [5.41, 5.74) is 2.20. The van der Waals surface area contributed by atoms with Gasteiger partial charge < -0.3 is 5.11 Å². The summed E-state index contributed by atoms with van der Waals surface area (Å²) >= 11 is 0. The van der Waals surface area contributed by atoms with Crippen LogP contribution in [0, 0.1) is 0 Å². The van der Waals surface area contributed by atoms with Crippen molar-refractivity contribution >= 4 is 5.97 Å². The highest BCUT2D eigenvalue weighted by Gasteiger charge is 2.38. The van der Waals surface area contributed by atoms with Crippen molar-refractivity contribution in [2.24, 2.45) is 0 Å². The van der Waals surface area contributed by atoms with E-state index in [2.05, 4.69) is 16.0 Å². The molecule has 1 N–H and O–H groups in total. The van der Waals surface area contributed by atoms with Gasteiger partial charge in [-0.1, -0.05) is 11.6 Å². The number of carbonyl (C=O) groups is 1. The average Bonchev–Trinajstić information content (AvgIpc) is 2.62. The van der Waals surface area contributed by atoms with E-state index in [-0.39, 0.29) is 0 Å². The minimum Gasteiger partial charge on any atom is -0.478 e. The van der Waals surface area contributed by atoms with Gasteiger partial charge in [0.1, 0.15) is 0 Å². The van der Waals surface area contributed by atoms with Crippen LogP contribution < -0.4 is 0 Å². The summed E-state index contributed by atoms with van der Waals surface area (Å²) in [6.07, 6.45) is 7.38. The molecule has 2 aliphatic heterocycles. The predicted octanol–water partition coefficient (Wildman–Crippen LogP) is 2.22. The van der Waals surface area contributed by atoms with Crippen LogP contribution in [0.5, 0.6) is 0 Å². The Morgan fingerprint density at radius 2 is 2.11 bits per heavy atom. The molecule has 2 bridgehead atoms. The molecule has 1 aromatic rings. The smallest absolute Gasteiger partial charge is 0.328 e. The number of nitrogens with zero attached hydrogens (tertiary/aromatic N) is 2. The first kappa shape index (κ1) is 12.4. The normalized spacial score (nSPS) is 26.4. The lowest BCUT2D eigenvalue weighted by molar-refractivity contribution is -0.131. The van der Waals surface area contributed by atoms with Crippen molar-refractivity contribution in [1.82, 2.24) is 9.88 Å². The van der Waals surface area contributed by atoms with Gasteiger partial charge in [-0.3, -0.25) is 9.88 Å². The Balaban J connectivity index is 1.72. The first-order valence-electron chi connectivity index (χ1n) is 6.80.